The summed E-state index contributed by atoms with van der Waals surface area (Å²) < 4.78 is 17.3. The summed E-state index contributed by atoms with van der Waals surface area (Å²) in [6.07, 6.45) is 2.49. The molecule has 0 spiro atoms. The minimum Gasteiger partial charge on any atom is -0.444 e. The van der Waals surface area contributed by atoms with E-state index in [1.54, 1.807) is 11.9 Å². The Morgan fingerprint density at radius 2 is 1.64 bits per heavy atom. The first-order valence-electron chi connectivity index (χ1n) is 12.8. The van der Waals surface area contributed by atoms with Crippen LogP contribution in [0.2, 0.25) is 0 Å². The topological polar surface area (TPSA) is 68.3 Å². The maximum absolute atomic E-state index is 13.8. The Kier molecular flexibility index (Phi) is 10.3. The summed E-state index contributed by atoms with van der Waals surface area (Å²) in [5.41, 5.74) is 1.29. The van der Waals surface area contributed by atoms with E-state index in [0.717, 1.165) is 30.4 Å². The molecular weight excluding hydrogens is 456 g/mol. The second-order valence-corrected chi connectivity index (χ2v) is 10.2. The molecule has 0 aliphatic carbocycles. The Morgan fingerprint density at radius 1 is 1.00 bits per heavy atom. The number of nitrogens with zero attached hydrogens (tertiary/aromatic N) is 2. The number of benzene rings is 2. The summed E-state index contributed by atoms with van der Waals surface area (Å²) in [6.45, 7) is 7.07. The lowest BCUT2D eigenvalue weighted by Gasteiger charge is -2.35. The summed E-state index contributed by atoms with van der Waals surface area (Å²) in [5.74, 6) is -0.150. The molecule has 7 nitrogen and oxygen atoms in total. The molecule has 0 bridgehead atoms. The van der Waals surface area contributed by atoms with Crippen molar-refractivity contribution >= 4 is 12.0 Å². The average Bonchev–Trinajstić information content (AvgIpc) is 2.86. The number of carbonyl (C=O) groups excluding carboxylic acids is 2. The van der Waals surface area contributed by atoms with E-state index in [2.05, 4.69) is 0 Å². The third-order valence-corrected chi connectivity index (χ3v) is 5.97. The van der Waals surface area contributed by atoms with Gasteiger partial charge in [0.15, 0.2) is 6.29 Å². The van der Waals surface area contributed by atoms with Crippen LogP contribution < -0.4 is 0 Å². The van der Waals surface area contributed by atoms with Gasteiger partial charge in [-0.2, -0.15) is 0 Å². The second-order valence-electron chi connectivity index (χ2n) is 10.2. The van der Waals surface area contributed by atoms with Crippen LogP contribution >= 0.6 is 0 Å². The summed E-state index contributed by atoms with van der Waals surface area (Å²) >= 11 is 0. The predicted octanol–water partition coefficient (Wildman–Crippen LogP) is 5.04. The lowest BCUT2D eigenvalue weighted by Crippen LogP contribution is -2.53. The molecule has 0 N–H and O–H groups in total. The van der Waals surface area contributed by atoms with Gasteiger partial charge in [0.1, 0.15) is 11.6 Å². The molecule has 1 heterocycles. The highest BCUT2D eigenvalue weighted by molar-refractivity contribution is 5.86. The fraction of sp³-hybridized carbons (Fsp3) is 0.517. The van der Waals surface area contributed by atoms with Crippen molar-refractivity contribution in [2.75, 3.05) is 26.8 Å². The normalized spacial score (nSPS) is 16.7. The largest absolute Gasteiger partial charge is 0.444 e. The van der Waals surface area contributed by atoms with Gasteiger partial charge >= 0.3 is 6.09 Å². The molecule has 0 radical (unpaired) electrons. The quantitative estimate of drug-likeness (QED) is 0.461. The predicted molar refractivity (Wildman–Crippen MR) is 139 cm³/mol. The van der Waals surface area contributed by atoms with Crippen molar-refractivity contribution in [2.24, 2.45) is 0 Å². The molecule has 36 heavy (non-hydrogen) atoms. The zero-order chi connectivity index (χ0) is 26.0. The van der Waals surface area contributed by atoms with Crippen LogP contribution in [0.4, 0.5) is 4.79 Å². The minimum atomic E-state index is -0.744. The Bertz CT molecular complexity index is 939. The second kappa shape index (κ2) is 13.4. The Labute approximate surface area is 215 Å². The fourth-order valence-electron chi connectivity index (χ4n) is 4.18. The highest BCUT2D eigenvalue weighted by Gasteiger charge is 2.35. The summed E-state index contributed by atoms with van der Waals surface area (Å²) in [7, 11) is 1.77. The molecule has 0 aromatic heterocycles. The maximum Gasteiger partial charge on any atom is 0.411 e. The van der Waals surface area contributed by atoms with E-state index in [9.17, 15) is 9.59 Å². The minimum absolute atomic E-state index is 0.150. The van der Waals surface area contributed by atoms with Gasteiger partial charge in [0.05, 0.1) is 6.61 Å². The molecule has 2 atom stereocenters. The molecule has 1 aliphatic rings. The molecule has 2 aromatic carbocycles. The molecule has 7 heteroatoms. The van der Waals surface area contributed by atoms with Gasteiger partial charge in [-0.15, -0.1) is 0 Å². The first-order valence-corrected chi connectivity index (χ1v) is 12.8. The van der Waals surface area contributed by atoms with Crippen molar-refractivity contribution in [3.63, 3.8) is 0 Å². The molecular formula is C29H40N2O5. The lowest BCUT2D eigenvalue weighted by molar-refractivity contribution is -0.165. The van der Waals surface area contributed by atoms with Gasteiger partial charge in [-0.25, -0.2) is 4.79 Å². The SMILES string of the molecule is CN(Cc1ccccc1)C(=O)C(Cc1ccccc1)N(CCO[C@H]1CCCCO1)C(=O)OC(C)(C)C. The Morgan fingerprint density at radius 3 is 2.22 bits per heavy atom. The van der Waals surface area contributed by atoms with Crippen molar-refractivity contribution in [1.82, 2.24) is 9.80 Å². The maximum atomic E-state index is 13.8. The van der Waals surface area contributed by atoms with Gasteiger partial charge in [-0.1, -0.05) is 60.7 Å². The van der Waals surface area contributed by atoms with Crippen LogP contribution in [-0.4, -0.2) is 66.5 Å². The fourth-order valence-corrected chi connectivity index (χ4v) is 4.18. The number of hydrogen-bond donors (Lipinski definition) is 0. The summed E-state index contributed by atoms with van der Waals surface area (Å²) in [5, 5.41) is 0. The van der Waals surface area contributed by atoms with E-state index in [4.69, 9.17) is 14.2 Å². The van der Waals surface area contributed by atoms with Gasteiger partial charge in [0.25, 0.3) is 0 Å². The molecule has 0 saturated carbocycles. The van der Waals surface area contributed by atoms with Gasteiger partial charge < -0.3 is 19.1 Å². The number of likely N-dealkylation sites (N-methyl/N-ethyl adjacent to an activating group) is 1. The molecule has 1 unspecified atom stereocenters. The highest BCUT2D eigenvalue weighted by atomic mass is 16.7. The number of rotatable bonds is 10. The highest BCUT2D eigenvalue weighted by Crippen LogP contribution is 2.19. The molecule has 3 rings (SSSR count). The van der Waals surface area contributed by atoms with Crippen molar-refractivity contribution in [1.29, 1.82) is 0 Å². The number of amides is 2. The molecule has 1 saturated heterocycles. The van der Waals surface area contributed by atoms with E-state index >= 15 is 0 Å². The van der Waals surface area contributed by atoms with Crippen molar-refractivity contribution in [3.05, 3.63) is 71.8 Å². The van der Waals surface area contributed by atoms with Gasteiger partial charge in [0.2, 0.25) is 5.91 Å². The standard InChI is InChI=1S/C29H40N2O5/c1-29(2,3)36-28(33)31(18-20-35-26-17-11-12-19-34-26)25(21-23-13-7-5-8-14-23)27(32)30(4)22-24-15-9-6-10-16-24/h5-10,13-16,25-26H,11-12,17-22H2,1-4H3/t25?,26-/m0/s1. The third kappa shape index (κ3) is 8.95. The zero-order valence-electron chi connectivity index (χ0n) is 22.0. The first kappa shape index (κ1) is 27.7. The average molecular weight is 497 g/mol. The van der Waals surface area contributed by atoms with Crippen molar-refractivity contribution < 1.29 is 23.8 Å². The van der Waals surface area contributed by atoms with Crippen LogP contribution in [0.3, 0.4) is 0 Å². The lowest BCUT2D eigenvalue weighted by atomic mass is 10.0. The van der Waals surface area contributed by atoms with Gasteiger partial charge in [-0.3, -0.25) is 9.69 Å². The van der Waals surface area contributed by atoms with E-state index in [1.165, 1.54) is 4.90 Å². The van der Waals surface area contributed by atoms with Crippen molar-refractivity contribution in [3.8, 4) is 0 Å². The molecule has 2 amide bonds. The van der Waals surface area contributed by atoms with Crippen LogP contribution in [0.5, 0.6) is 0 Å². The molecule has 196 valence electrons. The van der Waals surface area contributed by atoms with E-state index in [-0.39, 0.29) is 25.3 Å². The van der Waals surface area contributed by atoms with Crippen LogP contribution in [0.25, 0.3) is 0 Å². The number of carbonyl (C=O) groups is 2. The Hall–Kier alpha value is -2.90. The smallest absolute Gasteiger partial charge is 0.411 e. The van der Waals surface area contributed by atoms with Gasteiger partial charge in [0, 0.05) is 33.2 Å². The van der Waals surface area contributed by atoms with E-state index in [0.29, 0.717) is 19.6 Å². The first-order chi connectivity index (χ1) is 17.2. The number of hydrogen-bond acceptors (Lipinski definition) is 5. The Balaban J connectivity index is 1.82. The summed E-state index contributed by atoms with van der Waals surface area (Å²) in [6, 6.07) is 18.8. The third-order valence-electron chi connectivity index (χ3n) is 5.97. The van der Waals surface area contributed by atoms with Crippen molar-refractivity contribution in [2.45, 2.75) is 70.9 Å². The number of ether oxygens (including phenoxy) is 3. The zero-order valence-corrected chi connectivity index (χ0v) is 22.0. The monoisotopic (exact) mass is 496 g/mol. The molecule has 2 aromatic rings. The van der Waals surface area contributed by atoms with E-state index in [1.807, 2.05) is 81.4 Å². The van der Waals surface area contributed by atoms with Gasteiger partial charge in [-0.05, 0) is 51.2 Å². The van der Waals surface area contributed by atoms with Crippen LogP contribution in [0.1, 0.15) is 51.2 Å². The van der Waals surface area contributed by atoms with Crippen LogP contribution in [0.15, 0.2) is 60.7 Å². The van der Waals surface area contributed by atoms with Crippen LogP contribution in [-0.2, 0) is 32.0 Å². The molecule has 1 aliphatic heterocycles. The molecule has 1 fully saturated rings. The summed E-state index contributed by atoms with van der Waals surface area (Å²) in [4.78, 5) is 30.4. The van der Waals surface area contributed by atoms with Crippen LogP contribution in [0, 0.1) is 0 Å². The van der Waals surface area contributed by atoms with E-state index < -0.39 is 17.7 Å².